The van der Waals surface area contributed by atoms with Crippen molar-refractivity contribution in [2.75, 3.05) is 26.2 Å². The molecule has 4 nitrogen and oxygen atoms in total. The van der Waals surface area contributed by atoms with E-state index in [1.54, 1.807) is 6.92 Å². The molecule has 0 aromatic rings. The third kappa shape index (κ3) is 8.42. The molecule has 0 spiro atoms. The van der Waals surface area contributed by atoms with E-state index in [4.69, 9.17) is 10.5 Å². The third-order valence-electron chi connectivity index (χ3n) is 4.28. The lowest BCUT2D eigenvalue weighted by molar-refractivity contribution is -0.149. The van der Waals surface area contributed by atoms with Crippen LogP contribution in [-0.2, 0) is 9.53 Å². The maximum absolute atomic E-state index is 11.7. The second kappa shape index (κ2) is 11.0. The highest BCUT2D eigenvalue weighted by Crippen LogP contribution is 2.14. The molecule has 0 bridgehead atoms. The number of nitrogens with zero attached hydrogens (tertiary/aromatic N) is 1. The minimum Gasteiger partial charge on any atom is -0.465 e. The number of hydrogen-bond donors (Lipinski definition) is 1. The molecule has 0 aliphatic rings. The first kappa shape index (κ1) is 20.4. The van der Waals surface area contributed by atoms with Crippen molar-refractivity contribution < 1.29 is 9.53 Å². The van der Waals surface area contributed by atoms with Crippen LogP contribution < -0.4 is 5.73 Å². The summed E-state index contributed by atoms with van der Waals surface area (Å²) in [6.45, 7) is 14.1. The van der Waals surface area contributed by atoms with E-state index in [9.17, 15) is 4.79 Å². The molecule has 0 saturated carbocycles. The zero-order valence-corrected chi connectivity index (χ0v) is 14.8. The minimum atomic E-state index is -0.845. The summed E-state index contributed by atoms with van der Waals surface area (Å²) in [4.78, 5) is 14.2. The molecule has 0 radical (unpaired) electrons. The van der Waals surface area contributed by atoms with Crippen LogP contribution in [0.4, 0.5) is 0 Å². The number of hydrogen-bond acceptors (Lipinski definition) is 4. The predicted molar refractivity (Wildman–Crippen MR) is 89.3 cm³/mol. The molecule has 1 atom stereocenters. The molecule has 21 heavy (non-hydrogen) atoms. The Kier molecular flexibility index (Phi) is 10.7. The Morgan fingerprint density at radius 1 is 1.19 bits per heavy atom. The number of nitrogens with two attached hydrogens (primary N) is 1. The number of ether oxygens (including phenoxy) is 1. The van der Waals surface area contributed by atoms with Gasteiger partial charge in [0.25, 0.3) is 0 Å². The highest BCUT2D eigenvalue weighted by Gasteiger charge is 2.29. The van der Waals surface area contributed by atoms with Gasteiger partial charge in [0.1, 0.15) is 5.54 Å². The van der Waals surface area contributed by atoms with Gasteiger partial charge in [-0.15, -0.1) is 0 Å². The Morgan fingerprint density at radius 3 is 2.29 bits per heavy atom. The Labute approximate surface area is 131 Å². The van der Waals surface area contributed by atoms with Crippen LogP contribution in [0.3, 0.4) is 0 Å². The highest BCUT2D eigenvalue weighted by atomic mass is 16.5. The standard InChI is InChI=1S/C17H36N2O2/c1-6-15(7-2)14-19(8-3)13-11-10-12-17(5,18)16(20)21-9-4/h15H,6-14,18H2,1-5H3. The summed E-state index contributed by atoms with van der Waals surface area (Å²) in [5.41, 5.74) is 5.19. The largest absolute Gasteiger partial charge is 0.465 e. The molecule has 0 aromatic carbocycles. The van der Waals surface area contributed by atoms with Crippen LogP contribution in [0.2, 0.25) is 0 Å². The summed E-state index contributed by atoms with van der Waals surface area (Å²) in [5.74, 6) is 0.513. The van der Waals surface area contributed by atoms with Gasteiger partial charge in [-0.2, -0.15) is 0 Å². The van der Waals surface area contributed by atoms with Gasteiger partial charge in [-0.25, -0.2) is 0 Å². The fourth-order valence-corrected chi connectivity index (χ4v) is 2.52. The van der Waals surface area contributed by atoms with Gasteiger partial charge >= 0.3 is 5.97 Å². The van der Waals surface area contributed by atoms with Crippen LogP contribution >= 0.6 is 0 Å². The van der Waals surface area contributed by atoms with Crippen molar-refractivity contribution in [2.24, 2.45) is 11.7 Å². The summed E-state index contributed by atoms with van der Waals surface area (Å²) in [6, 6.07) is 0. The lowest BCUT2D eigenvalue weighted by Crippen LogP contribution is -2.46. The van der Waals surface area contributed by atoms with Gasteiger partial charge in [-0.05, 0) is 52.1 Å². The first-order chi connectivity index (χ1) is 9.91. The minimum absolute atomic E-state index is 0.283. The third-order valence-corrected chi connectivity index (χ3v) is 4.28. The molecule has 1 unspecified atom stereocenters. The smallest absolute Gasteiger partial charge is 0.325 e. The quantitative estimate of drug-likeness (QED) is 0.444. The fourth-order valence-electron chi connectivity index (χ4n) is 2.52. The van der Waals surface area contributed by atoms with E-state index >= 15 is 0 Å². The molecular weight excluding hydrogens is 264 g/mol. The van der Waals surface area contributed by atoms with Crippen molar-refractivity contribution in [3.63, 3.8) is 0 Å². The maximum Gasteiger partial charge on any atom is 0.325 e. The zero-order valence-electron chi connectivity index (χ0n) is 14.8. The van der Waals surface area contributed by atoms with E-state index in [-0.39, 0.29) is 5.97 Å². The van der Waals surface area contributed by atoms with E-state index in [0.29, 0.717) is 13.0 Å². The topological polar surface area (TPSA) is 55.6 Å². The van der Waals surface area contributed by atoms with Crippen LogP contribution in [0.25, 0.3) is 0 Å². The highest BCUT2D eigenvalue weighted by molar-refractivity contribution is 5.79. The van der Waals surface area contributed by atoms with Crippen molar-refractivity contribution >= 4 is 5.97 Å². The molecular formula is C17H36N2O2. The molecule has 0 amide bonds. The molecule has 0 aliphatic carbocycles. The summed E-state index contributed by atoms with van der Waals surface area (Å²) >= 11 is 0. The Bertz CT molecular complexity index is 276. The predicted octanol–water partition coefficient (Wildman–Crippen LogP) is 3.20. The summed E-state index contributed by atoms with van der Waals surface area (Å²) < 4.78 is 5.01. The molecule has 0 rings (SSSR count). The molecule has 126 valence electrons. The monoisotopic (exact) mass is 300 g/mol. The number of esters is 1. The Balaban J connectivity index is 4.03. The maximum atomic E-state index is 11.7. The second-order valence-corrected chi connectivity index (χ2v) is 6.17. The van der Waals surface area contributed by atoms with Crippen LogP contribution in [0, 0.1) is 5.92 Å². The van der Waals surface area contributed by atoms with Gasteiger partial charge in [0.2, 0.25) is 0 Å². The first-order valence-corrected chi connectivity index (χ1v) is 8.59. The fraction of sp³-hybridized carbons (Fsp3) is 0.941. The lowest BCUT2D eigenvalue weighted by atomic mass is 9.96. The molecule has 0 heterocycles. The summed E-state index contributed by atoms with van der Waals surface area (Å²) in [6.07, 6.45) is 5.23. The van der Waals surface area contributed by atoms with Gasteiger partial charge in [0.15, 0.2) is 0 Å². The number of unbranched alkanes of at least 4 members (excludes halogenated alkanes) is 1. The molecule has 0 fully saturated rings. The van der Waals surface area contributed by atoms with Crippen molar-refractivity contribution in [3.8, 4) is 0 Å². The number of carbonyl (C=O) groups excluding carboxylic acids is 1. The van der Waals surface area contributed by atoms with Gasteiger partial charge in [-0.3, -0.25) is 4.79 Å². The Hall–Kier alpha value is -0.610. The van der Waals surface area contributed by atoms with Gasteiger partial charge in [0.05, 0.1) is 6.61 Å². The van der Waals surface area contributed by atoms with Gasteiger partial charge in [-0.1, -0.05) is 33.6 Å². The summed E-state index contributed by atoms with van der Waals surface area (Å²) in [5, 5.41) is 0. The summed E-state index contributed by atoms with van der Waals surface area (Å²) in [7, 11) is 0. The van der Waals surface area contributed by atoms with Crippen molar-refractivity contribution in [2.45, 2.75) is 72.3 Å². The van der Waals surface area contributed by atoms with E-state index in [1.807, 2.05) is 6.92 Å². The van der Waals surface area contributed by atoms with Crippen molar-refractivity contribution in [1.82, 2.24) is 4.90 Å². The van der Waals surface area contributed by atoms with E-state index in [2.05, 4.69) is 25.7 Å². The average Bonchev–Trinajstić information content (AvgIpc) is 2.47. The van der Waals surface area contributed by atoms with Crippen LogP contribution in [0.5, 0.6) is 0 Å². The Morgan fingerprint density at radius 2 is 1.81 bits per heavy atom. The van der Waals surface area contributed by atoms with Crippen molar-refractivity contribution in [1.29, 1.82) is 0 Å². The van der Waals surface area contributed by atoms with Crippen molar-refractivity contribution in [3.05, 3.63) is 0 Å². The molecule has 0 aromatic heterocycles. The van der Waals surface area contributed by atoms with Crippen LogP contribution in [0.15, 0.2) is 0 Å². The van der Waals surface area contributed by atoms with Crippen LogP contribution in [-0.4, -0.2) is 42.6 Å². The molecule has 4 heteroatoms. The lowest BCUT2D eigenvalue weighted by Gasteiger charge is -2.26. The average molecular weight is 300 g/mol. The zero-order chi connectivity index (χ0) is 16.3. The number of carbonyl (C=O) groups is 1. The molecule has 2 N–H and O–H groups in total. The molecule has 0 aliphatic heterocycles. The number of rotatable bonds is 12. The van der Waals surface area contributed by atoms with E-state index in [1.165, 1.54) is 19.4 Å². The van der Waals surface area contributed by atoms with Gasteiger partial charge in [0, 0.05) is 6.54 Å². The van der Waals surface area contributed by atoms with Crippen LogP contribution in [0.1, 0.15) is 66.7 Å². The SMILES string of the molecule is CCOC(=O)C(C)(N)CCCCN(CC)CC(CC)CC. The normalized spacial score (nSPS) is 14.5. The molecule has 0 saturated heterocycles. The first-order valence-electron chi connectivity index (χ1n) is 8.59. The van der Waals surface area contributed by atoms with E-state index < -0.39 is 5.54 Å². The second-order valence-electron chi connectivity index (χ2n) is 6.17. The van der Waals surface area contributed by atoms with Gasteiger partial charge < -0.3 is 15.4 Å². The van der Waals surface area contributed by atoms with E-state index in [0.717, 1.165) is 31.8 Å².